The summed E-state index contributed by atoms with van der Waals surface area (Å²) in [6.45, 7) is 1.62. The molecule has 0 unspecified atom stereocenters. The van der Waals surface area contributed by atoms with Crippen molar-refractivity contribution in [1.82, 2.24) is 10.1 Å². The fourth-order valence-corrected chi connectivity index (χ4v) is 2.88. The van der Waals surface area contributed by atoms with Gasteiger partial charge < -0.3 is 14.2 Å². The van der Waals surface area contributed by atoms with E-state index < -0.39 is 0 Å². The summed E-state index contributed by atoms with van der Waals surface area (Å²) in [7, 11) is 1.63. The lowest BCUT2D eigenvalue weighted by Gasteiger charge is -2.23. The van der Waals surface area contributed by atoms with E-state index in [1.807, 2.05) is 29.2 Å². The van der Waals surface area contributed by atoms with Crippen LogP contribution in [-0.4, -0.2) is 36.2 Å². The first kappa shape index (κ1) is 15.6. The zero-order chi connectivity index (χ0) is 16.1. The van der Waals surface area contributed by atoms with Gasteiger partial charge in [0.25, 0.3) is 5.91 Å². The lowest BCUT2D eigenvalue weighted by atomic mass is 10.1. The van der Waals surface area contributed by atoms with E-state index >= 15 is 0 Å². The molecule has 3 rings (SSSR count). The number of ether oxygens (including phenoxy) is 1. The van der Waals surface area contributed by atoms with Crippen molar-refractivity contribution >= 4 is 5.91 Å². The molecule has 0 N–H and O–H groups in total. The molecule has 1 aliphatic rings. The van der Waals surface area contributed by atoms with Crippen molar-refractivity contribution in [1.29, 1.82) is 0 Å². The van der Waals surface area contributed by atoms with E-state index in [0.29, 0.717) is 11.5 Å². The quantitative estimate of drug-likeness (QED) is 0.865. The van der Waals surface area contributed by atoms with Crippen LogP contribution in [0.15, 0.2) is 34.9 Å². The Labute approximate surface area is 136 Å². The number of amides is 1. The van der Waals surface area contributed by atoms with E-state index in [9.17, 15) is 4.79 Å². The molecule has 1 aromatic heterocycles. The van der Waals surface area contributed by atoms with Crippen molar-refractivity contribution in [3.05, 3.63) is 36.0 Å². The number of methoxy groups -OCH3 is 1. The lowest BCUT2D eigenvalue weighted by molar-refractivity contribution is 0.0732. The van der Waals surface area contributed by atoms with Gasteiger partial charge in [-0.1, -0.05) is 24.4 Å². The Morgan fingerprint density at radius 2 is 1.74 bits per heavy atom. The Kier molecular flexibility index (Phi) is 4.95. The first-order chi connectivity index (χ1) is 11.3. The highest BCUT2D eigenvalue weighted by molar-refractivity contribution is 5.93. The summed E-state index contributed by atoms with van der Waals surface area (Å²) >= 11 is 0. The molecule has 1 aromatic carbocycles. The van der Waals surface area contributed by atoms with E-state index in [0.717, 1.165) is 37.2 Å². The van der Waals surface area contributed by atoms with Crippen molar-refractivity contribution in [2.75, 3.05) is 20.2 Å². The number of nitrogens with zero attached hydrogens (tertiary/aromatic N) is 2. The molecule has 1 saturated heterocycles. The summed E-state index contributed by atoms with van der Waals surface area (Å²) < 4.78 is 10.5. The van der Waals surface area contributed by atoms with Gasteiger partial charge >= 0.3 is 0 Å². The second-order valence-corrected chi connectivity index (χ2v) is 5.86. The Hall–Kier alpha value is -2.30. The van der Waals surface area contributed by atoms with E-state index in [4.69, 9.17) is 9.26 Å². The molecular weight excluding hydrogens is 292 g/mol. The van der Waals surface area contributed by atoms with Crippen molar-refractivity contribution in [3.63, 3.8) is 0 Å². The fraction of sp³-hybridized carbons (Fsp3) is 0.444. The molecule has 2 heterocycles. The molecule has 5 nitrogen and oxygen atoms in total. The summed E-state index contributed by atoms with van der Waals surface area (Å²) in [6.07, 6.45) is 5.79. The Balaban J connectivity index is 1.73. The van der Waals surface area contributed by atoms with Gasteiger partial charge in [-0.15, -0.1) is 0 Å². The number of carbonyl (C=O) groups is 1. The minimum absolute atomic E-state index is 0.0320. The van der Waals surface area contributed by atoms with E-state index in [1.165, 1.54) is 19.3 Å². The number of hydrogen-bond acceptors (Lipinski definition) is 4. The van der Waals surface area contributed by atoms with Crippen molar-refractivity contribution in [2.24, 2.45) is 0 Å². The average Bonchev–Trinajstić information content (AvgIpc) is 3.04. The van der Waals surface area contributed by atoms with Crippen molar-refractivity contribution in [2.45, 2.75) is 32.1 Å². The fourth-order valence-electron chi connectivity index (χ4n) is 2.88. The van der Waals surface area contributed by atoms with Gasteiger partial charge in [0, 0.05) is 24.7 Å². The molecule has 0 radical (unpaired) electrons. The van der Waals surface area contributed by atoms with Crippen LogP contribution in [0.3, 0.4) is 0 Å². The maximum atomic E-state index is 12.6. The summed E-state index contributed by atoms with van der Waals surface area (Å²) in [4.78, 5) is 14.5. The van der Waals surface area contributed by atoms with Gasteiger partial charge in [-0.3, -0.25) is 4.79 Å². The minimum Gasteiger partial charge on any atom is -0.497 e. The van der Waals surface area contributed by atoms with Gasteiger partial charge in [0.2, 0.25) is 0 Å². The van der Waals surface area contributed by atoms with Crippen LogP contribution in [0.5, 0.6) is 5.75 Å². The molecule has 0 bridgehead atoms. The highest BCUT2D eigenvalue weighted by Crippen LogP contribution is 2.24. The van der Waals surface area contributed by atoms with Gasteiger partial charge in [0.15, 0.2) is 11.5 Å². The third-order valence-electron chi connectivity index (χ3n) is 4.25. The standard InChI is InChI=1S/C18H22N2O3/c1-22-15-9-7-14(8-10-15)17-13-16(19-23-17)18(21)20-11-5-3-2-4-6-12-20/h7-10,13H,2-6,11-12H2,1H3. The third-order valence-corrected chi connectivity index (χ3v) is 4.25. The monoisotopic (exact) mass is 314 g/mol. The minimum atomic E-state index is -0.0320. The second-order valence-electron chi connectivity index (χ2n) is 5.86. The maximum absolute atomic E-state index is 12.6. The van der Waals surface area contributed by atoms with Crippen LogP contribution in [0, 0.1) is 0 Å². The SMILES string of the molecule is COc1ccc(-c2cc(C(=O)N3CCCCCCC3)no2)cc1. The van der Waals surface area contributed by atoms with Crippen LogP contribution in [0.4, 0.5) is 0 Å². The molecule has 0 aliphatic carbocycles. The van der Waals surface area contributed by atoms with Crippen LogP contribution < -0.4 is 4.74 Å². The zero-order valence-electron chi connectivity index (χ0n) is 13.5. The summed E-state index contributed by atoms with van der Waals surface area (Å²) in [6, 6.07) is 9.23. The Morgan fingerprint density at radius 1 is 1.09 bits per heavy atom. The molecule has 0 spiro atoms. The molecule has 1 aliphatic heterocycles. The van der Waals surface area contributed by atoms with Crippen molar-refractivity contribution < 1.29 is 14.1 Å². The number of hydrogen-bond donors (Lipinski definition) is 0. The zero-order valence-corrected chi connectivity index (χ0v) is 13.5. The molecule has 5 heteroatoms. The van der Waals surface area contributed by atoms with Gasteiger partial charge in [0.1, 0.15) is 5.75 Å². The number of carbonyl (C=O) groups excluding carboxylic acids is 1. The van der Waals surface area contributed by atoms with Crippen LogP contribution in [0.2, 0.25) is 0 Å². The normalized spacial score (nSPS) is 15.8. The van der Waals surface area contributed by atoms with Crippen LogP contribution in [0.25, 0.3) is 11.3 Å². The van der Waals surface area contributed by atoms with Gasteiger partial charge in [-0.2, -0.15) is 0 Å². The molecule has 1 fully saturated rings. The molecule has 23 heavy (non-hydrogen) atoms. The molecule has 0 atom stereocenters. The van der Waals surface area contributed by atoms with E-state index in [1.54, 1.807) is 13.2 Å². The lowest BCUT2D eigenvalue weighted by Crippen LogP contribution is -2.33. The smallest absolute Gasteiger partial charge is 0.276 e. The third kappa shape index (κ3) is 3.73. The van der Waals surface area contributed by atoms with E-state index in [2.05, 4.69) is 5.16 Å². The number of benzene rings is 1. The number of rotatable bonds is 3. The predicted octanol–water partition coefficient (Wildman–Crippen LogP) is 3.76. The maximum Gasteiger partial charge on any atom is 0.276 e. The van der Waals surface area contributed by atoms with Crippen LogP contribution in [-0.2, 0) is 0 Å². The molecule has 122 valence electrons. The average molecular weight is 314 g/mol. The number of aromatic nitrogens is 1. The van der Waals surface area contributed by atoms with Gasteiger partial charge in [0.05, 0.1) is 7.11 Å². The summed E-state index contributed by atoms with van der Waals surface area (Å²) in [5.74, 6) is 1.35. The topological polar surface area (TPSA) is 55.6 Å². The van der Waals surface area contributed by atoms with Crippen LogP contribution >= 0.6 is 0 Å². The first-order valence-electron chi connectivity index (χ1n) is 8.18. The first-order valence-corrected chi connectivity index (χ1v) is 8.18. The Bertz CT molecular complexity index is 641. The molecule has 0 saturated carbocycles. The highest BCUT2D eigenvalue weighted by atomic mass is 16.5. The second kappa shape index (κ2) is 7.31. The van der Waals surface area contributed by atoms with E-state index in [-0.39, 0.29) is 5.91 Å². The Morgan fingerprint density at radius 3 is 2.39 bits per heavy atom. The summed E-state index contributed by atoms with van der Waals surface area (Å²) in [5.41, 5.74) is 1.27. The van der Waals surface area contributed by atoms with Crippen LogP contribution in [0.1, 0.15) is 42.6 Å². The highest BCUT2D eigenvalue weighted by Gasteiger charge is 2.20. The molecular formula is C18H22N2O3. The summed E-state index contributed by atoms with van der Waals surface area (Å²) in [5, 5.41) is 3.97. The van der Waals surface area contributed by atoms with Crippen molar-refractivity contribution in [3.8, 4) is 17.1 Å². The predicted molar refractivity (Wildman–Crippen MR) is 87.5 cm³/mol. The largest absolute Gasteiger partial charge is 0.497 e. The molecule has 2 aromatic rings. The van der Waals surface area contributed by atoms with Gasteiger partial charge in [-0.05, 0) is 37.1 Å². The van der Waals surface area contributed by atoms with Gasteiger partial charge in [-0.25, -0.2) is 0 Å². The number of likely N-dealkylation sites (tertiary alicyclic amines) is 1. The molecule has 1 amide bonds.